The number of anilines is 7. The molecule has 5 aromatic carbocycles. The zero-order valence-corrected chi connectivity index (χ0v) is 45.6. The molecular weight excluding hydrogens is 1220 g/mol. The smallest absolute Gasteiger partial charge is 0.296 e. The number of benzene rings is 5. The number of hydrogen-bond donors (Lipinski definition) is 11. The average molecular weight is 1260 g/mol. The second-order valence-electron chi connectivity index (χ2n) is 14.5. The van der Waals surface area contributed by atoms with E-state index in [0.717, 1.165) is 53.2 Å². The molecule has 424 valence electrons. The van der Waals surface area contributed by atoms with E-state index >= 15 is 0 Å². The normalized spacial score (nSPS) is 12.6. The first kappa shape index (κ1) is 62.3. The molecule has 6 rings (SSSR count). The van der Waals surface area contributed by atoms with Gasteiger partial charge in [-0.1, -0.05) is 25.9 Å². The summed E-state index contributed by atoms with van der Waals surface area (Å²) in [6.45, 7) is 1.17. The van der Waals surface area contributed by atoms with Gasteiger partial charge < -0.3 is 27.0 Å². The molecule has 1 atom stereocenters. The number of nitrogens with zero attached hydrogens (tertiary/aromatic N) is 7. The van der Waals surface area contributed by atoms with Crippen LogP contribution in [0.1, 0.15) is 6.92 Å². The SMILES string of the molecule is CC(=O)Nc1cc(Nc2nc(NCCSSOOO)nc(Nc3cc(N)c(S(=O)(=O)O)cc3N=Nc3ccc(SOOCCS(=O)OOO)cc3)n2)ccc1N=Nc1cc2cc(S(=O)(=O)O)cc(S(=O)(=O)O)c2cc1SOOO. The monoisotopic (exact) mass is 1260 g/mol. The highest BCUT2D eigenvalue weighted by atomic mass is 33.1. The molecule has 0 saturated heterocycles. The number of aromatic nitrogens is 3. The zero-order chi connectivity index (χ0) is 57.3. The maximum absolute atomic E-state index is 12.5. The molecular formula is C37H36N12O22S8. The Morgan fingerprint density at radius 1 is 0.696 bits per heavy atom. The Kier molecular flexibility index (Phi) is 22.9. The van der Waals surface area contributed by atoms with Crippen molar-refractivity contribution in [2.75, 3.05) is 51.7 Å². The van der Waals surface area contributed by atoms with E-state index in [1.807, 2.05) is 0 Å². The minimum atomic E-state index is -5.11. The lowest BCUT2D eigenvalue weighted by molar-refractivity contribution is -0.435. The minimum Gasteiger partial charge on any atom is -0.398 e. The van der Waals surface area contributed by atoms with Gasteiger partial charge in [0.15, 0.2) is 11.1 Å². The van der Waals surface area contributed by atoms with Crippen LogP contribution in [0.2, 0.25) is 0 Å². The predicted molar refractivity (Wildman–Crippen MR) is 281 cm³/mol. The summed E-state index contributed by atoms with van der Waals surface area (Å²) in [5.41, 5.74) is 5.64. The second-order valence-corrected chi connectivity index (χ2v) is 23.4. The van der Waals surface area contributed by atoms with Crippen LogP contribution in [-0.4, -0.2) is 104 Å². The van der Waals surface area contributed by atoms with Gasteiger partial charge in [-0.05, 0) is 84.2 Å². The quantitative estimate of drug-likeness (QED) is 0.00295. The van der Waals surface area contributed by atoms with Crippen molar-refractivity contribution in [3.8, 4) is 0 Å². The van der Waals surface area contributed by atoms with E-state index in [9.17, 15) is 47.9 Å². The van der Waals surface area contributed by atoms with Gasteiger partial charge in [0.25, 0.3) is 30.4 Å². The number of nitrogens with one attached hydrogen (secondary N) is 4. The van der Waals surface area contributed by atoms with Crippen molar-refractivity contribution < 1.29 is 101 Å². The summed E-state index contributed by atoms with van der Waals surface area (Å²) in [5, 5.41) is 63.7. The molecule has 0 bridgehead atoms. The summed E-state index contributed by atoms with van der Waals surface area (Å²) in [4.78, 5) is 28.4. The fraction of sp³-hybridized carbons (Fsp3) is 0.135. The highest BCUT2D eigenvalue weighted by molar-refractivity contribution is 8.74. The van der Waals surface area contributed by atoms with Crippen molar-refractivity contribution in [3.63, 3.8) is 0 Å². The van der Waals surface area contributed by atoms with E-state index in [4.69, 9.17) is 30.7 Å². The van der Waals surface area contributed by atoms with Gasteiger partial charge in [-0.15, -0.1) is 28.3 Å². The third kappa shape index (κ3) is 19.1. The van der Waals surface area contributed by atoms with Crippen molar-refractivity contribution in [2.24, 2.45) is 20.5 Å². The molecule has 6 aromatic rings. The van der Waals surface area contributed by atoms with Gasteiger partial charge in [-0.2, -0.15) is 49.7 Å². The topological polar surface area (TPSA) is 494 Å². The number of carbonyl (C=O) groups is 1. The molecule has 1 aromatic heterocycles. The summed E-state index contributed by atoms with van der Waals surface area (Å²) >= 11 is -0.209. The third-order valence-electron chi connectivity index (χ3n) is 9.12. The number of amides is 1. The van der Waals surface area contributed by atoms with Crippen LogP contribution in [0.25, 0.3) is 10.8 Å². The number of nitrogen functional groups attached to an aromatic ring is 1. The molecule has 0 fully saturated rings. The fourth-order valence-corrected chi connectivity index (χ4v) is 10.2. The maximum Gasteiger partial charge on any atom is 0.296 e. The first-order valence-electron chi connectivity index (χ1n) is 20.7. The van der Waals surface area contributed by atoms with Crippen molar-refractivity contribution in [3.05, 3.63) is 78.9 Å². The molecule has 0 aliphatic heterocycles. The van der Waals surface area contributed by atoms with E-state index < -0.39 is 67.7 Å². The Morgan fingerprint density at radius 3 is 2.05 bits per heavy atom. The highest BCUT2D eigenvalue weighted by Gasteiger charge is 2.24. The zero-order valence-electron chi connectivity index (χ0n) is 39.0. The molecule has 0 saturated carbocycles. The standard InChI is InChI=1S/C37H36N12O22S8/c1-19(50)40-28-14-22(4-7-27(28)47-49-31-13-20-12-24(77(55,56)57)15-33(78(58,59)60)25(20)16-32(31)74-69-65-51)41-36-43-35(39-8-10-72-75-70-66-52)44-37(45-36)42-29-17-26(38)34(79(61,62)63)18-30(29)48-46-21-2-5-23(6-3-21)73-68-64-9-11-76(54)71-67-53/h2-7,12-18,51-53H,8-11,38H2,1H3,(H,40,50)(H,55,56,57)(H,58,59,60)(H,61,62,63)(H3,39,41,42,43,44,45). The van der Waals surface area contributed by atoms with Crippen LogP contribution in [0.4, 0.5) is 63.3 Å². The Hall–Kier alpha value is -5.92. The molecule has 79 heavy (non-hydrogen) atoms. The second kappa shape index (κ2) is 29.0. The minimum absolute atomic E-state index is 0.0103. The molecule has 1 unspecified atom stereocenters. The van der Waals surface area contributed by atoms with Gasteiger partial charge in [-0.3, -0.25) is 18.5 Å². The van der Waals surface area contributed by atoms with Crippen molar-refractivity contribution in [1.29, 1.82) is 0 Å². The predicted octanol–water partition coefficient (Wildman–Crippen LogP) is 8.22. The van der Waals surface area contributed by atoms with E-state index in [0.29, 0.717) is 39.8 Å². The molecule has 0 aliphatic carbocycles. The van der Waals surface area contributed by atoms with Gasteiger partial charge in [-0.25, -0.2) is 24.9 Å². The molecule has 0 aliphatic rings. The Balaban J connectivity index is 1.32. The van der Waals surface area contributed by atoms with Gasteiger partial charge >= 0.3 is 0 Å². The van der Waals surface area contributed by atoms with Crippen LogP contribution in [0.5, 0.6) is 0 Å². The summed E-state index contributed by atoms with van der Waals surface area (Å²) in [6, 6.07) is 15.9. The van der Waals surface area contributed by atoms with Crippen molar-refractivity contribution >= 4 is 167 Å². The first-order chi connectivity index (χ1) is 37.5. The molecule has 42 heteroatoms. The Bertz CT molecular complexity index is 3600. The lowest BCUT2D eigenvalue weighted by Crippen LogP contribution is -2.12. The first-order valence-corrected chi connectivity index (χ1v) is 29.9. The largest absolute Gasteiger partial charge is 0.398 e. The average Bonchev–Trinajstić information content (AvgIpc) is 3.37. The van der Waals surface area contributed by atoms with Crippen LogP contribution >= 0.6 is 46.0 Å². The lowest BCUT2D eigenvalue weighted by Gasteiger charge is -2.14. The van der Waals surface area contributed by atoms with Gasteiger partial charge in [0, 0.05) is 35.2 Å². The van der Waals surface area contributed by atoms with Crippen molar-refractivity contribution in [1.82, 2.24) is 15.0 Å². The van der Waals surface area contributed by atoms with Crippen LogP contribution in [0, 0.1) is 0 Å². The van der Waals surface area contributed by atoms with Crippen molar-refractivity contribution in [2.45, 2.75) is 31.4 Å². The van der Waals surface area contributed by atoms with Gasteiger partial charge in [0.2, 0.25) is 23.8 Å². The summed E-state index contributed by atoms with van der Waals surface area (Å²) < 4.78 is 132. The number of azo groups is 2. The number of fused-ring (bicyclic) bond motifs is 1. The van der Waals surface area contributed by atoms with E-state index in [1.54, 1.807) is 12.1 Å². The van der Waals surface area contributed by atoms with Crippen LogP contribution < -0.4 is 27.0 Å². The van der Waals surface area contributed by atoms with Crippen LogP contribution in [0.3, 0.4) is 0 Å². The van der Waals surface area contributed by atoms with E-state index in [1.165, 1.54) is 37.3 Å². The molecule has 0 spiro atoms. The summed E-state index contributed by atoms with van der Waals surface area (Å²) in [5.74, 6) is -0.913. The molecule has 12 N–H and O–H groups in total. The molecule has 1 heterocycles. The number of hydrogen-bond acceptors (Lipinski definition) is 34. The number of carbonyl (C=O) groups excluding carboxylic acids is 1. The van der Waals surface area contributed by atoms with E-state index in [2.05, 4.69) is 84.8 Å². The molecule has 1 amide bonds. The van der Waals surface area contributed by atoms with Gasteiger partial charge in [0.1, 0.15) is 37.9 Å². The Morgan fingerprint density at radius 2 is 1.38 bits per heavy atom. The fourth-order valence-electron chi connectivity index (χ4n) is 6.00. The third-order valence-corrected chi connectivity index (χ3v) is 15.3. The summed E-state index contributed by atoms with van der Waals surface area (Å²) in [6.07, 6.45) is 0. The van der Waals surface area contributed by atoms with Crippen LogP contribution in [0.15, 0.2) is 124 Å². The van der Waals surface area contributed by atoms with Crippen LogP contribution in [-0.2, 0) is 83.6 Å². The Labute approximate surface area is 463 Å². The summed E-state index contributed by atoms with van der Waals surface area (Å²) in [7, 11) is -13.9. The maximum atomic E-state index is 12.5. The number of rotatable bonds is 30. The van der Waals surface area contributed by atoms with E-state index in [-0.39, 0.29) is 92.2 Å². The number of nitrogens with two attached hydrogens (primary N) is 1. The lowest BCUT2D eigenvalue weighted by atomic mass is 10.1. The molecule has 0 radical (unpaired) electrons. The highest BCUT2D eigenvalue weighted by Crippen LogP contribution is 2.41. The van der Waals surface area contributed by atoms with Gasteiger partial charge in [0.05, 0.1) is 69.0 Å². The molecule has 34 nitrogen and oxygen atoms in total.